The van der Waals surface area contributed by atoms with Crippen LogP contribution in [0.4, 0.5) is 0 Å². The maximum atomic E-state index is 7.30. The van der Waals surface area contributed by atoms with Crippen molar-refractivity contribution in [3.8, 4) is 11.5 Å². The van der Waals surface area contributed by atoms with Crippen LogP contribution in [0.5, 0.6) is 11.5 Å². The second-order valence-electron chi connectivity index (χ2n) is 14.3. The van der Waals surface area contributed by atoms with Gasteiger partial charge in [-0.15, -0.1) is 0 Å². The fraction of sp³-hybridized carbons (Fsp3) is 0.636. The number of benzene rings is 2. The lowest BCUT2D eigenvalue weighted by molar-refractivity contribution is -0.389. The largest absolute Gasteiger partial charge is 0.485 e. The van der Waals surface area contributed by atoms with E-state index in [0.29, 0.717) is 19.4 Å². The van der Waals surface area contributed by atoms with Crippen molar-refractivity contribution in [1.82, 2.24) is 4.90 Å². The normalized spacial score (nSPS) is 42.3. The minimum atomic E-state index is -0.340. The molecule has 3 heterocycles. The molecule has 2 saturated heterocycles. The highest BCUT2D eigenvalue weighted by atomic mass is 16.7. The van der Waals surface area contributed by atoms with Gasteiger partial charge in [0.15, 0.2) is 11.5 Å². The number of hydrogen-bond donors (Lipinski definition) is 0. The number of rotatable bonds is 3. The van der Waals surface area contributed by atoms with Crippen LogP contribution in [0.15, 0.2) is 42.5 Å². The topological polar surface area (TPSA) is 40.2 Å². The summed E-state index contributed by atoms with van der Waals surface area (Å²) in [6.45, 7) is 11.4. The Hall–Kier alpha value is -2.08. The lowest BCUT2D eigenvalue weighted by Crippen LogP contribution is -2.84. The third kappa shape index (κ3) is 2.56. The van der Waals surface area contributed by atoms with Gasteiger partial charge in [0.05, 0.1) is 5.60 Å². The van der Waals surface area contributed by atoms with Crippen LogP contribution < -0.4 is 9.47 Å². The van der Waals surface area contributed by atoms with Crippen LogP contribution in [0.25, 0.3) is 0 Å². The molecule has 3 saturated carbocycles. The summed E-state index contributed by atoms with van der Waals surface area (Å²) in [5.41, 5.74) is 3.60. The maximum absolute atomic E-state index is 7.30. The average molecular weight is 516 g/mol. The highest BCUT2D eigenvalue weighted by Gasteiger charge is 2.83. The first-order valence-electron chi connectivity index (χ1n) is 14.6. The molecule has 0 N–H and O–H groups in total. The molecule has 2 aromatic carbocycles. The lowest BCUT2D eigenvalue weighted by atomic mass is 9.33. The van der Waals surface area contributed by atoms with E-state index in [4.69, 9.17) is 18.9 Å². The van der Waals surface area contributed by atoms with E-state index in [1.807, 2.05) is 0 Å². The molecule has 4 bridgehead atoms. The molecule has 202 valence electrons. The number of hydrogen-bond acceptors (Lipinski definition) is 5. The molecule has 7 atom stereocenters. The summed E-state index contributed by atoms with van der Waals surface area (Å²) in [5.74, 6) is 2.18. The van der Waals surface area contributed by atoms with Crippen molar-refractivity contribution in [3.05, 3.63) is 59.2 Å². The van der Waals surface area contributed by atoms with Crippen molar-refractivity contribution in [2.45, 2.75) is 95.2 Å². The molecular weight excluding hydrogens is 474 g/mol. The van der Waals surface area contributed by atoms with Crippen LogP contribution in [0.2, 0.25) is 0 Å². The van der Waals surface area contributed by atoms with Gasteiger partial charge in [-0.3, -0.25) is 0 Å². The molecule has 0 amide bonds. The average Bonchev–Trinajstić information content (AvgIpc) is 3.27. The van der Waals surface area contributed by atoms with Gasteiger partial charge in [0.1, 0.15) is 25.1 Å². The zero-order valence-electron chi connectivity index (χ0n) is 23.5. The van der Waals surface area contributed by atoms with Crippen LogP contribution in [0.1, 0.15) is 70.1 Å². The molecule has 3 spiro atoms. The molecule has 1 unspecified atom stereocenters. The van der Waals surface area contributed by atoms with Gasteiger partial charge < -0.3 is 23.8 Å². The van der Waals surface area contributed by atoms with Gasteiger partial charge in [-0.05, 0) is 75.2 Å². The van der Waals surface area contributed by atoms with Crippen molar-refractivity contribution in [2.24, 2.45) is 16.7 Å². The predicted molar refractivity (Wildman–Crippen MR) is 145 cm³/mol. The molecule has 0 radical (unpaired) electrons. The van der Waals surface area contributed by atoms with E-state index in [0.717, 1.165) is 43.7 Å². The van der Waals surface area contributed by atoms with E-state index in [9.17, 15) is 0 Å². The summed E-state index contributed by atoms with van der Waals surface area (Å²) in [5, 5.41) is 0. The Morgan fingerprint density at radius 2 is 1.84 bits per heavy atom. The standard InChI is InChI=1S/C33H41NO4/c1-29(2,3)30(4)24-18-31-13-14-33(24,37-20-36-30)28-32(31)15-16-34(5)25(31)17-22-11-12-23(27(38-28)26(22)32)35-19-21-9-7-6-8-10-21/h6-12,24-25,28H,13-20H2,1-5H3/t24?,25-,28-,30+,31-,32+,33-/m1/s1. The van der Waals surface area contributed by atoms with Crippen molar-refractivity contribution in [2.75, 3.05) is 20.4 Å². The summed E-state index contributed by atoms with van der Waals surface area (Å²) < 4.78 is 27.3. The highest BCUT2D eigenvalue weighted by Crippen LogP contribution is 2.78. The van der Waals surface area contributed by atoms with Gasteiger partial charge in [-0.2, -0.15) is 0 Å². The third-order valence-corrected chi connectivity index (χ3v) is 12.3. The maximum Gasteiger partial charge on any atom is 0.166 e. The quantitative estimate of drug-likeness (QED) is 0.511. The smallest absolute Gasteiger partial charge is 0.166 e. The molecule has 5 heteroatoms. The van der Waals surface area contributed by atoms with Gasteiger partial charge in [-0.1, -0.05) is 57.2 Å². The second kappa shape index (κ2) is 7.35. The van der Waals surface area contributed by atoms with Gasteiger partial charge in [0.2, 0.25) is 0 Å². The molecule has 2 aromatic rings. The minimum absolute atomic E-state index is 0.000185. The predicted octanol–water partition coefficient (Wildman–Crippen LogP) is 5.87. The molecule has 3 aliphatic heterocycles. The fourth-order valence-electron chi connectivity index (χ4n) is 10.2. The molecule has 0 aromatic heterocycles. The lowest BCUT2D eigenvalue weighted by Gasteiger charge is -2.76. The zero-order chi connectivity index (χ0) is 26.1. The van der Waals surface area contributed by atoms with Gasteiger partial charge in [-0.25, -0.2) is 0 Å². The Morgan fingerprint density at radius 1 is 1.03 bits per heavy atom. The van der Waals surface area contributed by atoms with E-state index < -0.39 is 0 Å². The number of likely N-dealkylation sites (tertiary alicyclic amines) is 1. The molecule has 5 fully saturated rings. The fourth-order valence-corrected chi connectivity index (χ4v) is 10.2. The first-order chi connectivity index (χ1) is 18.2. The highest BCUT2D eigenvalue weighted by molar-refractivity contribution is 5.64. The van der Waals surface area contributed by atoms with Crippen molar-refractivity contribution in [3.63, 3.8) is 0 Å². The van der Waals surface area contributed by atoms with E-state index >= 15 is 0 Å². The number of fused-ring (bicyclic) bond motifs is 1. The van der Waals surface area contributed by atoms with Crippen LogP contribution in [0.3, 0.4) is 0 Å². The zero-order valence-corrected chi connectivity index (χ0v) is 23.5. The number of likely N-dealkylation sites (N-methyl/N-ethyl adjacent to an activating group) is 1. The summed E-state index contributed by atoms with van der Waals surface area (Å²) in [4.78, 5) is 2.67. The number of ether oxygens (including phenoxy) is 4. The molecule has 5 nitrogen and oxygen atoms in total. The number of piperidine rings is 1. The molecule has 4 aliphatic carbocycles. The minimum Gasteiger partial charge on any atom is -0.485 e. The second-order valence-corrected chi connectivity index (χ2v) is 14.3. The van der Waals surface area contributed by atoms with Gasteiger partial charge in [0, 0.05) is 28.4 Å². The summed E-state index contributed by atoms with van der Waals surface area (Å²) in [7, 11) is 2.35. The Bertz CT molecular complexity index is 1300. The van der Waals surface area contributed by atoms with E-state index in [2.05, 4.69) is 82.1 Å². The monoisotopic (exact) mass is 515 g/mol. The summed E-state index contributed by atoms with van der Waals surface area (Å²) >= 11 is 0. The van der Waals surface area contributed by atoms with Crippen LogP contribution in [-0.4, -0.2) is 48.6 Å². The SMILES string of the molecule is CN1CC[C@]23c4c5ccc(OCc6ccccc6)c4O[C@H]2[C@@]24CC[C@@]3(CC2[C@@](C)(C(C)(C)C)OCO4)[C@H]1C5. The Kier molecular flexibility index (Phi) is 4.60. The van der Waals surface area contributed by atoms with Crippen LogP contribution in [-0.2, 0) is 27.9 Å². The third-order valence-electron chi connectivity index (χ3n) is 12.3. The number of nitrogens with zero attached hydrogens (tertiary/aromatic N) is 1. The first-order valence-corrected chi connectivity index (χ1v) is 14.6. The van der Waals surface area contributed by atoms with E-state index in [1.165, 1.54) is 23.1 Å². The van der Waals surface area contributed by atoms with Crippen LogP contribution in [0, 0.1) is 16.7 Å². The van der Waals surface area contributed by atoms with E-state index in [-0.39, 0.29) is 39.5 Å². The van der Waals surface area contributed by atoms with E-state index in [1.54, 1.807) is 0 Å². The Labute approximate surface area is 226 Å². The Morgan fingerprint density at radius 3 is 2.63 bits per heavy atom. The summed E-state index contributed by atoms with van der Waals surface area (Å²) in [6, 6.07) is 15.5. The molecular formula is C33H41NO4. The Balaban J connectivity index is 1.31. The van der Waals surface area contributed by atoms with Gasteiger partial charge >= 0.3 is 0 Å². The molecule has 7 aliphatic rings. The van der Waals surface area contributed by atoms with Gasteiger partial charge in [0.25, 0.3) is 0 Å². The van der Waals surface area contributed by atoms with Crippen molar-refractivity contribution >= 4 is 0 Å². The van der Waals surface area contributed by atoms with Crippen molar-refractivity contribution < 1.29 is 18.9 Å². The molecule has 38 heavy (non-hydrogen) atoms. The molecule has 9 rings (SSSR count). The summed E-state index contributed by atoms with van der Waals surface area (Å²) in [6.07, 6.45) is 5.60. The van der Waals surface area contributed by atoms with Crippen molar-refractivity contribution in [1.29, 1.82) is 0 Å². The van der Waals surface area contributed by atoms with Crippen LogP contribution >= 0.6 is 0 Å². The first kappa shape index (κ1) is 23.8.